The molecule has 6 nitrogen and oxygen atoms in total. The van der Waals surface area contributed by atoms with Crippen molar-refractivity contribution < 1.29 is 14.3 Å². The molecule has 120 valence electrons. The van der Waals surface area contributed by atoms with Crippen LogP contribution in [0, 0.1) is 0 Å². The maximum absolute atomic E-state index is 11.9. The van der Waals surface area contributed by atoms with E-state index in [0.717, 1.165) is 5.75 Å². The maximum Gasteiger partial charge on any atom is 0.239 e. The van der Waals surface area contributed by atoms with Gasteiger partial charge in [0.1, 0.15) is 12.4 Å². The van der Waals surface area contributed by atoms with Crippen LogP contribution in [-0.4, -0.2) is 48.0 Å². The smallest absolute Gasteiger partial charge is 0.239 e. The van der Waals surface area contributed by atoms with Gasteiger partial charge in [0.15, 0.2) is 0 Å². The molecule has 1 atom stereocenters. The summed E-state index contributed by atoms with van der Waals surface area (Å²) in [6.45, 7) is 4.72. The van der Waals surface area contributed by atoms with Gasteiger partial charge in [-0.2, -0.15) is 0 Å². The van der Waals surface area contributed by atoms with Gasteiger partial charge >= 0.3 is 0 Å². The van der Waals surface area contributed by atoms with E-state index in [2.05, 4.69) is 5.32 Å². The number of hydrogen-bond donors (Lipinski definition) is 2. The molecule has 0 saturated carbocycles. The quantitative estimate of drug-likeness (QED) is 0.802. The van der Waals surface area contributed by atoms with Crippen LogP contribution in [0.3, 0.4) is 0 Å². The second-order valence-electron chi connectivity index (χ2n) is 6.10. The van der Waals surface area contributed by atoms with Crippen molar-refractivity contribution >= 4 is 11.8 Å². The van der Waals surface area contributed by atoms with Gasteiger partial charge in [0.05, 0.1) is 18.1 Å². The topological polar surface area (TPSA) is 84.7 Å². The molecule has 3 N–H and O–H groups in total. The van der Waals surface area contributed by atoms with Crippen molar-refractivity contribution in [2.75, 3.05) is 19.7 Å². The SMILES string of the molecule is CC(C)(N)C(=O)NC1CC(=O)N(CCOc2ccccc2)C1. The van der Waals surface area contributed by atoms with E-state index in [9.17, 15) is 9.59 Å². The summed E-state index contributed by atoms with van der Waals surface area (Å²) < 4.78 is 5.59. The Morgan fingerprint density at radius 3 is 2.73 bits per heavy atom. The van der Waals surface area contributed by atoms with Crippen molar-refractivity contribution in [3.05, 3.63) is 30.3 Å². The predicted molar refractivity (Wildman–Crippen MR) is 83.3 cm³/mol. The van der Waals surface area contributed by atoms with Crippen LogP contribution in [0.1, 0.15) is 20.3 Å². The Bertz CT molecular complexity index is 525. The minimum absolute atomic E-state index is 0.0248. The molecule has 2 amide bonds. The third kappa shape index (κ3) is 4.46. The molecule has 1 aliphatic rings. The van der Waals surface area contributed by atoms with Gasteiger partial charge in [-0.3, -0.25) is 9.59 Å². The van der Waals surface area contributed by atoms with Crippen molar-refractivity contribution in [3.63, 3.8) is 0 Å². The van der Waals surface area contributed by atoms with Gasteiger partial charge < -0.3 is 20.7 Å². The van der Waals surface area contributed by atoms with E-state index in [4.69, 9.17) is 10.5 Å². The number of nitrogens with zero attached hydrogens (tertiary/aromatic N) is 1. The lowest BCUT2D eigenvalue weighted by Gasteiger charge is -2.21. The summed E-state index contributed by atoms with van der Waals surface area (Å²) in [5, 5.41) is 2.82. The highest BCUT2D eigenvalue weighted by atomic mass is 16.5. The lowest BCUT2D eigenvalue weighted by Crippen LogP contribution is -2.52. The summed E-state index contributed by atoms with van der Waals surface area (Å²) >= 11 is 0. The van der Waals surface area contributed by atoms with Crippen LogP contribution in [0.25, 0.3) is 0 Å². The number of para-hydroxylation sites is 1. The fourth-order valence-corrected chi connectivity index (χ4v) is 2.25. The zero-order chi connectivity index (χ0) is 16.2. The lowest BCUT2D eigenvalue weighted by molar-refractivity contribution is -0.128. The normalized spacial score (nSPS) is 18.4. The molecule has 1 aliphatic heterocycles. The zero-order valence-corrected chi connectivity index (χ0v) is 13.0. The molecule has 0 aromatic heterocycles. The molecule has 0 spiro atoms. The molecule has 2 rings (SSSR count). The van der Waals surface area contributed by atoms with Gasteiger partial charge in [-0.15, -0.1) is 0 Å². The molecule has 1 fully saturated rings. The number of rotatable bonds is 6. The molecule has 0 bridgehead atoms. The van der Waals surface area contributed by atoms with Crippen LogP contribution < -0.4 is 15.8 Å². The minimum Gasteiger partial charge on any atom is -0.492 e. The zero-order valence-electron chi connectivity index (χ0n) is 13.0. The minimum atomic E-state index is -0.938. The van der Waals surface area contributed by atoms with Crippen LogP contribution in [0.15, 0.2) is 30.3 Å². The summed E-state index contributed by atoms with van der Waals surface area (Å²) in [5.74, 6) is 0.563. The Morgan fingerprint density at radius 1 is 1.41 bits per heavy atom. The van der Waals surface area contributed by atoms with Crippen molar-refractivity contribution in [2.45, 2.75) is 31.8 Å². The first kappa shape index (κ1) is 16.3. The van der Waals surface area contributed by atoms with Crippen molar-refractivity contribution in [1.29, 1.82) is 0 Å². The summed E-state index contributed by atoms with van der Waals surface area (Å²) in [5.41, 5.74) is 4.80. The van der Waals surface area contributed by atoms with Crippen LogP contribution in [0.4, 0.5) is 0 Å². The van der Waals surface area contributed by atoms with E-state index in [1.54, 1.807) is 18.7 Å². The number of carbonyl (C=O) groups is 2. The number of carbonyl (C=O) groups excluding carboxylic acids is 2. The molecular weight excluding hydrogens is 282 g/mol. The van der Waals surface area contributed by atoms with Gasteiger partial charge in [-0.1, -0.05) is 18.2 Å². The molecule has 1 aromatic rings. The van der Waals surface area contributed by atoms with E-state index in [-0.39, 0.29) is 17.9 Å². The second kappa shape index (κ2) is 6.79. The van der Waals surface area contributed by atoms with Crippen LogP contribution in [0.5, 0.6) is 5.75 Å². The first-order valence-electron chi connectivity index (χ1n) is 7.42. The summed E-state index contributed by atoms with van der Waals surface area (Å²) in [6.07, 6.45) is 0.313. The third-order valence-electron chi connectivity index (χ3n) is 3.51. The Labute approximate surface area is 130 Å². The highest BCUT2D eigenvalue weighted by Gasteiger charge is 2.33. The largest absolute Gasteiger partial charge is 0.492 e. The predicted octanol–water partition coefficient (Wildman–Crippen LogP) is 0.520. The van der Waals surface area contributed by atoms with Gasteiger partial charge in [-0.05, 0) is 26.0 Å². The first-order chi connectivity index (χ1) is 10.4. The number of amides is 2. The number of nitrogens with one attached hydrogen (secondary N) is 1. The summed E-state index contributed by atoms with van der Waals surface area (Å²) in [7, 11) is 0. The van der Waals surface area contributed by atoms with Crippen LogP contribution in [0.2, 0.25) is 0 Å². The Hall–Kier alpha value is -2.08. The van der Waals surface area contributed by atoms with E-state index >= 15 is 0 Å². The van der Waals surface area contributed by atoms with E-state index in [0.29, 0.717) is 26.1 Å². The fraction of sp³-hybridized carbons (Fsp3) is 0.500. The molecular formula is C16H23N3O3. The average Bonchev–Trinajstić information content (AvgIpc) is 2.79. The number of nitrogens with two attached hydrogens (primary N) is 1. The number of likely N-dealkylation sites (tertiary alicyclic amines) is 1. The maximum atomic E-state index is 11.9. The summed E-state index contributed by atoms with van der Waals surface area (Å²) in [4.78, 5) is 25.5. The van der Waals surface area contributed by atoms with Gasteiger partial charge in [0, 0.05) is 13.0 Å². The molecule has 6 heteroatoms. The number of ether oxygens (including phenoxy) is 1. The van der Waals surface area contributed by atoms with Gasteiger partial charge in [0.25, 0.3) is 0 Å². The second-order valence-corrected chi connectivity index (χ2v) is 6.10. The number of benzene rings is 1. The monoisotopic (exact) mass is 305 g/mol. The van der Waals surface area contributed by atoms with Gasteiger partial charge in [-0.25, -0.2) is 0 Å². The van der Waals surface area contributed by atoms with Crippen molar-refractivity contribution in [2.24, 2.45) is 5.73 Å². The lowest BCUT2D eigenvalue weighted by atomic mass is 10.1. The number of hydrogen-bond acceptors (Lipinski definition) is 4. The standard InChI is InChI=1S/C16H23N3O3/c1-16(2,17)15(21)18-12-10-14(20)19(11-12)8-9-22-13-6-4-3-5-7-13/h3-7,12H,8-11,17H2,1-2H3,(H,18,21). The highest BCUT2D eigenvalue weighted by Crippen LogP contribution is 2.13. The molecule has 22 heavy (non-hydrogen) atoms. The highest BCUT2D eigenvalue weighted by molar-refractivity contribution is 5.87. The summed E-state index contributed by atoms with van der Waals surface area (Å²) in [6, 6.07) is 9.28. The van der Waals surface area contributed by atoms with Gasteiger partial charge in [0.2, 0.25) is 11.8 Å². The molecule has 1 unspecified atom stereocenters. The molecule has 1 saturated heterocycles. The van der Waals surface area contributed by atoms with Crippen LogP contribution in [-0.2, 0) is 9.59 Å². The van der Waals surface area contributed by atoms with E-state index in [1.165, 1.54) is 0 Å². The Kier molecular flexibility index (Phi) is 5.03. The molecule has 0 aliphatic carbocycles. The molecule has 1 heterocycles. The van der Waals surface area contributed by atoms with Crippen LogP contribution >= 0.6 is 0 Å². The van der Waals surface area contributed by atoms with E-state index < -0.39 is 5.54 Å². The molecule has 0 radical (unpaired) electrons. The average molecular weight is 305 g/mol. The third-order valence-corrected chi connectivity index (χ3v) is 3.51. The van der Waals surface area contributed by atoms with Crippen molar-refractivity contribution in [3.8, 4) is 5.75 Å². The fourth-order valence-electron chi connectivity index (χ4n) is 2.25. The Morgan fingerprint density at radius 2 is 2.09 bits per heavy atom. The first-order valence-corrected chi connectivity index (χ1v) is 7.42. The molecule has 1 aromatic carbocycles. The van der Waals surface area contributed by atoms with Crippen molar-refractivity contribution in [1.82, 2.24) is 10.2 Å². The van der Waals surface area contributed by atoms with E-state index in [1.807, 2.05) is 30.3 Å². The Balaban J connectivity index is 1.77.